The Bertz CT molecular complexity index is 690. The van der Waals surface area contributed by atoms with E-state index in [9.17, 15) is 8.78 Å². The Morgan fingerprint density at radius 2 is 1.79 bits per heavy atom. The van der Waals surface area contributed by atoms with Crippen molar-refractivity contribution in [3.8, 4) is 0 Å². The van der Waals surface area contributed by atoms with Crippen molar-refractivity contribution in [2.24, 2.45) is 4.99 Å². The van der Waals surface area contributed by atoms with Crippen LogP contribution in [0.4, 0.5) is 8.78 Å². The number of guanidine groups is 1. The summed E-state index contributed by atoms with van der Waals surface area (Å²) in [6, 6.07) is 11.2. The molecule has 0 atom stereocenters. The van der Waals surface area contributed by atoms with Crippen molar-refractivity contribution in [2.75, 3.05) is 13.6 Å². The highest BCUT2D eigenvalue weighted by atomic mass is 127. The summed E-state index contributed by atoms with van der Waals surface area (Å²) in [4.78, 5) is 4.13. The zero-order valence-electron chi connectivity index (χ0n) is 13.8. The first-order chi connectivity index (χ1) is 11.1. The molecule has 2 N–H and O–H groups in total. The van der Waals surface area contributed by atoms with Gasteiger partial charge in [-0.05, 0) is 54.3 Å². The van der Waals surface area contributed by atoms with Gasteiger partial charge in [-0.1, -0.05) is 18.2 Å². The number of halogens is 3. The zero-order valence-corrected chi connectivity index (χ0v) is 16.1. The van der Waals surface area contributed by atoms with Crippen molar-refractivity contribution >= 4 is 29.9 Å². The van der Waals surface area contributed by atoms with Gasteiger partial charge in [-0.3, -0.25) is 4.99 Å². The Morgan fingerprint density at radius 3 is 2.46 bits per heavy atom. The van der Waals surface area contributed by atoms with E-state index in [0.29, 0.717) is 19.0 Å². The molecule has 2 aromatic rings. The van der Waals surface area contributed by atoms with Crippen molar-refractivity contribution < 1.29 is 8.78 Å². The number of rotatable bonds is 5. The Labute approximate surface area is 158 Å². The smallest absolute Gasteiger partial charge is 0.191 e. The summed E-state index contributed by atoms with van der Waals surface area (Å²) in [6.07, 6.45) is 0.771. The molecule has 0 fully saturated rings. The van der Waals surface area contributed by atoms with E-state index >= 15 is 0 Å². The van der Waals surface area contributed by atoms with Gasteiger partial charge < -0.3 is 10.6 Å². The van der Waals surface area contributed by atoms with Crippen LogP contribution in [-0.2, 0) is 13.0 Å². The van der Waals surface area contributed by atoms with Crippen LogP contribution in [0.25, 0.3) is 0 Å². The molecule has 130 valence electrons. The second-order valence-electron chi connectivity index (χ2n) is 5.30. The fraction of sp³-hybridized carbons (Fsp3) is 0.278. The molecule has 0 aliphatic rings. The molecule has 24 heavy (non-hydrogen) atoms. The predicted octanol–water partition coefficient (Wildman–Crippen LogP) is 3.80. The summed E-state index contributed by atoms with van der Waals surface area (Å²) in [5, 5.41) is 6.33. The Balaban J connectivity index is 0.00000288. The van der Waals surface area contributed by atoms with Crippen LogP contribution in [0.1, 0.15) is 16.7 Å². The molecule has 0 aliphatic carbocycles. The second-order valence-corrected chi connectivity index (χ2v) is 5.30. The molecular formula is C18H22F2IN3. The van der Waals surface area contributed by atoms with Crippen LogP contribution >= 0.6 is 24.0 Å². The summed E-state index contributed by atoms with van der Waals surface area (Å²) < 4.78 is 26.2. The van der Waals surface area contributed by atoms with Crippen molar-refractivity contribution in [3.05, 3.63) is 70.8 Å². The van der Waals surface area contributed by atoms with Crippen LogP contribution < -0.4 is 10.6 Å². The predicted molar refractivity (Wildman–Crippen MR) is 105 cm³/mol. The van der Waals surface area contributed by atoms with Gasteiger partial charge >= 0.3 is 0 Å². The largest absolute Gasteiger partial charge is 0.356 e. The molecule has 0 aromatic heterocycles. The first-order valence-electron chi connectivity index (χ1n) is 7.52. The van der Waals surface area contributed by atoms with Crippen LogP contribution in [0.15, 0.2) is 47.5 Å². The van der Waals surface area contributed by atoms with Gasteiger partial charge in [0, 0.05) is 20.1 Å². The molecule has 0 bridgehead atoms. The fourth-order valence-corrected chi connectivity index (χ4v) is 2.31. The lowest BCUT2D eigenvalue weighted by molar-refractivity contribution is 0.624. The van der Waals surface area contributed by atoms with Gasteiger partial charge in [0.2, 0.25) is 0 Å². The second kappa shape index (κ2) is 10.2. The molecular weight excluding hydrogens is 423 g/mol. The average Bonchev–Trinajstić information content (AvgIpc) is 2.52. The molecule has 2 aromatic carbocycles. The van der Waals surface area contributed by atoms with Crippen LogP contribution in [0.2, 0.25) is 0 Å². The summed E-state index contributed by atoms with van der Waals surface area (Å²) in [5.41, 5.74) is 2.89. The number of nitrogens with one attached hydrogen (secondary N) is 2. The third-order valence-corrected chi connectivity index (χ3v) is 3.56. The van der Waals surface area contributed by atoms with E-state index in [4.69, 9.17) is 0 Å². The standard InChI is InChI=1S/C18H21F2N3.HI/c1-13-10-17(20)7-6-15(13)8-9-22-18(21-2)23-12-14-4-3-5-16(19)11-14;/h3-7,10-11H,8-9,12H2,1-2H3,(H2,21,22,23);1H. The summed E-state index contributed by atoms with van der Waals surface area (Å²) >= 11 is 0. The van der Waals surface area contributed by atoms with Gasteiger partial charge in [-0.25, -0.2) is 8.78 Å². The van der Waals surface area contributed by atoms with Gasteiger partial charge in [-0.15, -0.1) is 24.0 Å². The summed E-state index contributed by atoms with van der Waals surface area (Å²) in [7, 11) is 1.68. The maximum Gasteiger partial charge on any atom is 0.191 e. The Kier molecular flexibility index (Phi) is 8.67. The third kappa shape index (κ3) is 6.43. The van der Waals surface area contributed by atoms with Gasteiger partial charge in [0.25, 0.3) is 0 Å². The Morgan fingerprint density at radius 1 is 1.04 bits per heavy atom. The van der Waals surface area contributed by atoms with Crippen molar-refractivity contribution in [1.82, 2.24) is 10.6 Å². The van der Waals surface area contributed by atoms with Crippen LogP contribution in [-0.4, -0.2) is 19.6 Å². The highest BCUT2D eigenvalue weighted by Crippen LogP contribution is 2.10. The molecule has 0 saturated heterocycles. The topological polar surface area (TPSA) is 36.4 Å². The summed E-state index contributed by atoms with van der Waals surface area (Å²) in [6.45, 7) is 3.07. The number of aliphatic imine (C=N–C) groups is 1. The van der Waals surface area contributed by atoms with Crippen LogP contribution in [0, 0.1) is 18.6 Å². The van der Waals surface area contributed by atoms with Crippen molar-refractivity contribution in [1.29, 1.82) is 0 Å². The molecule has 0 heterocycles. The number of aryl methyl sites for hydroxylation is 1. The lowest BCUT2D eigenvalue weighted by atomic mass is 10.1. The molecule has 0 saturated carbocycles. The first-order valence-corrected chi connectivity index (χ1v) is 7.52. The zero-order chi connectivity index (χ0) is 16.7. The van der Waals surface area contributed by atoms with Crippen LogP contribution in [0.3, 0.4) is 0 Å². The van der Waals surface area contributed by atoms with Crippen molar-refractivity contribution in [2.45, 2.75) is 19.9 Å². The molecule has 0 amide bonds. The lowest BCUT2D eigenvalue weighted by Gasteiger charge is -2.13. The van der Waals surface area contributed by atoms with Crippen molar-refractivity contribution in [3.63, 3.8) is 0 Å². The highest BCUT2D eigenvalue weighted by molar-refractivity contribution is 14.0. The van der Waals surface area contributed by atoms with Gasteiger partial charge in [0.1, 0.15) is 11.6 Å². The summed E-state index contributed by atoms with van der Waals surface area (Å²) in [5.74, 6) is 0.180. The number of benzene rings is 2. The monoisotopic (exact) mass is 445 g/mol. The maximum absolute atomic E-state index is 13.1. The lowest BCUT2D eigenvalue weighted by Crippen LogP contribution is -2.37. The number of hydrogen-bond donors (Lipinski definition) is 2. The first kappa shape index (κ1) is 20.3. The minimum Gasteiger partial charge on any atom is -0.356 e. The van der Waals surface area contributed by atoms with E-state index in [1.165, 1.54) is 24.3 Å². The highest BCUT2D eigenvalue weighted by Gasteiger charge is 2.02. The maximum atomic E-state index is 13.1. The minimum absolute atomic E-state index is 0. The average molecular weight is 445 g/mol. The molecule has 0 radical (unpaired) electrons. The molecule has 0 spiro atoms. The van der Waals surface area contributed by atoms with E-state index in [0.717, 1.165) is 23.1 Å². The molecule has 0 unspecified atom stereocenters. The SMILES string of the molecule is CN=C(NCCc1ccc(F)cc1C)NCc1cccc(F)c1.I. The van der Waals surface area contributed by atoms with E-state index in [-0.39, 0.29) is 35.6 Å². The molecule has 3 nitrogen and oxygen atoms in total. The van der Waals surface area contributed by atoms with E-state index in [2.05, 4.69) is 15.6 Å². The minimum atomic E-state index is -0.251. The van der Waals surface area contributed by atoms with E-state index in [1.54, 1.807) is 19.2 Å². The molecule has 0 aliphatic heterocycles. The molecule has 6 heteroatoms. The van der Waals surface area contributed by atoms with Gasteiger partial charge in [-0.2, -0.15) is 0 Å². The fourth-order valence-electron chi connectivity index (χ4n) is 2.31. The quantitative estimate of drug-likeness (QED) is 0.418. The Hall–Kier alpha value is -1.70. The third-order valence-electron chi connectivity index (χ3n) is 3.56. The van der Waals surface area contributed by atoms with E-state index in [1.807, 2.05) is 13.0 Å². The molecule has 2 rings (SSSR count). The van der Waals surface area contributed by atoms with Gasteiger partial charge in [0.15, 0.2) is 5.96 Å². The van der Waals surface area contributed by atoms with Gasteiger partial charge in [0.05, 0.1) is 0 Å². The number of hydrogen-bond acceptors (Lipinski definition) is 1. The normalized spacial score (nSPS) is 10.9. The number of nitrogens with zero attached hydrogens (tertiary/aromatic N) is 1. The van der Waals surface area contributed by atoms with Crippen LogP contribution in [0.5, 0.6) is 0 Å². The van der Waals surface area contributed by atoms with E-state index < -0.39 is 0 Å².